The molecule has 0 aliphatic carbocycles. The van der Waals surface area contributed by atoms with Gasteiger partial charge in [-0.15, -0.1) is 22.7 Å². The maximum absolute atomic E-state index is 13.3. The van der Waals surface area contributed by atoms with Crippen molar-refractivity contribution in [1.29, 1.82) is 0 Å². The number of unbranched alkanes of at least 4 members (excludes halogenated alkanes) is 4. The van der Waals surface area contributed by atoms with Crippen LogP contribution >= 0.6 is 22.7 Å². The number of esters is 1. The largest absolute Gasteiger partial charge is 0.494 e. The highest BCUT2D eigenvalue weighted by atomic mass is 32.1. The quantitative estimate of drug-likeness (QED) is 0.183. The summed E-state index contributed by atoms with van der Waals surface area (Å²) in [7, 11) is 0. The Morgan fingerprint density at radius 2 is 1.52 bits per heavy atom. The topological polar surface area (TPSA) is 55.8 Å². The molecule has 2 heterocycles. The summed E-state index contributed by atoms with van der Waals surface area (Å²) >= 11 is 2.74. The molecule has 1 unspecified atom stereocenters. The SMILES string of the molecule is CCCCCC(CCCCCOc1ccccc1)OC(=O)C(O)(c1cccs1)c1cccs1. The molecule has 0 bridgehead atoms. The van der Waals surface area contributed by atoms with Gasteiger partial charge in [0.25, 0.3) is 0 Å². The third-order valence-electron chi connectivity index (χ3n) is 5.64. The van der Waals surface area contributed by atoms with E-state index in [2.05, 4.69) is 6.92 Å². The van der Waals surface area contributed by atoms with Crippen molar-refractivity contribution >= 4 is 28.6 Å². The molecule has 2 aromatic heterocycles. The zero-order chi connectivity index (χ0) is 23.4. The van der Waals surface area contributed by atoms with Gasteiger partial charge in [0.05, 0.1) is 16.4 Å². The molecule has 0 amide bonds. The van der Waals surface area contributed by atoms with Gasteiger partial charge in [0.1, 0.15) is 11.9 Å². The van der Waals surface area contributed by atoms with Crippen LogP contribution in [0.25, 0.3) is 0 Å². The summed E-state index contributed by atoms with van der Waals surface area (Å²) in [5, 5.41) is 15.2. The minimum absolute atomic E-state index is 0.189. The third kappa shape index (κ3) is 7.42. The molecule has 3 aromatic rings. The van der Waals surface area contributed by atoms with Gasteiger partial charge < -0.3 is 14.6 Å². The Hall–Kier alpha value is -2.15. The fourth-order valence-electron chi connectivity index (χ4n) is 3.77. The first-order valence-electron chi connectivity index (χ1n) is 11.8. The van der Waals surface area contributed by atoms with Crippen molar-refractivity contribution in [3.63, 3.8) is 0 Å². The van der Waals surface area contributed by atoms with E-state index in [0.717, 1.165) is 57.1 Å². The van der Waals surface area contributed by atoms with Crippen LogP contribution in [0, 0.1) is 0 Å². The first-order chi connectivity index (χ1) is 16.1. The molecule has 0 saturated heterocycles. The number of hydrogen-bond donors (Lipinski definition) is 1. The Labute approximate surface area is 205 Å². The minimum atomic E-state index is -1.74. The number of thiophene rings is 2. The predicted octanol–water partition coefficient (Wildman–Crippen LogP) is 7.18. The smallest absolute Gasteiger partial charge is 0.349 e. The highest BCUT2D eigenvalue weighted by Gasteiger charge is 2.44. The molecular weight excluding hydrogens is 452 g/mol. The summed E-state index contributed by atoms with van der Waals surface area (Å²) in [5.74, 6) is 0.326. The van der Waals surface area contributed by atoms with Crippen molar-refractivity contribution in [1.82, 2.24) is 0 Å². The van der Waals surface area contributed by atoms with Crippen LogP contribution in [-0.2, 0) is 15.1 Å². The summed E-state index contributed by atoms with van der Waals surface area (Å²) in [4.78, 5) is 14.5. The van der Waals surface area contributed by atoms with E-state index in [1.165, 1.54) is 22.7 Å². The lowest BCUT2D eigenvalue weighted by molar-refractivity contribution is -0.168. The maximum Gasteiger partial charge on any atom is 0.349 e. The molecule has 0 fully saturated rings. The molecule has 0 saturated carbocycles. The van der Waals surface area contributed by atoms with Gasteiger partial charge in [-0.3, -0.25) is 0 Å². The minimum Gasteiger partial charge on any atom is -0.494 e. The van der Waals surface area contributed by atoms with Gasteiger partial charge in [-0.05, 0) is 73.6 Å². The van der Waals surface area contributed by atoms with E-state index in [4.69, 9.17) is 9.47 Å². The van der Waals surface area contributed by atoms with Gasteiger partial charge in [-0.25, -0.2) is 4.79 Å². The molecule has 1 aromatic carbocycles. The number of para-hydroxylation sites is 1. The van der Waals surface area contributed by atoms with Gasteiger partial charge in [0.15, 0.2) is 0 Å². The lowest BCUT2D eigenvalue weighted by Gasteiger charge is -2.27. The van der Waals surface area contributed by atoms with Crippen molar-refractivity contribution in [2.45, 2.75) is 70.0 Å². The van der Waals surface area contributed by atoms with E-state index < -0.39 is 11.6 Å². The lowest BCUT2D eigenvalue weighted by atomic mass is 9.99. The molecule has 3 rings (SSSR count). The van der Waals surface area contributed by atoms with Crippen molar-refractivity contribution in [3.8, 4) is 5.75 Å². The van der Waals surface area contributed by atoms with Gasteiger partial charge in [-0.1, -0.05) is 50.1 Å². The van der Waals surface area contributed by atoms with Gasteiger partial charge in [0.2, 0.25) is 5.60 Å². The lowest BCUT2D eigenvalue weighted by Crippen LogP contribution is -2.39. The molecule has 1 atom stereocenters. The summed E-state index contributed by atoms with van der Waals surface area (Å²) in [6, 6.07) is 17.1. The average Bonchev–Trinajstić information content (AvgIpc) is 3.56. The van der Waals surface area contributed by atoms with E-state index in [9.17, 15) is 9.90 Å². The molecule has 178 valence electrons. The number of ether oxygens (including phenoxy) is 2. The van der Waals surface area contributed by atoms with E-state index in [1.54, 1.807) is 12.1 Å². The Morgan fingerprint density at radius 1 is 0.879 bits per heavy atom. The van der Waals surface area contributed by atoms with Crippen LogP contribution in [-0.4, -0.2) is 23.8 Å². The fourth-order valence-corrected chi connectivity index (χ4v) is 5.48. The van der Waals surface area contributed by atoms with Crippen molar-refractivity contribution in [3.05, 3.63) is 75.1 Å². The summed E-state index contributed by atoms with van der Waals surface area (Å²) in [6.45, 7) is 2.85. The number of rotatable bonds is 15. The van der Waals surface area contributed by atoms with Crippen LogP contribution in [0.5, 0.6) is 5.75 Å². The maximum atomic E-state index is 13.3. The Bertz CT molecular complexity index is 873. The van der Waals surface area contributed by atoms with Gasteiger partial charge >= 0.3 is 5.97 Å². The Kier molecular flexibility index (Phi) is 10.4. The molecule has 0 aliphatic heterocycles. The molecule has 1 N–H and O–H groups in total. The van der Waals surface area contributed by atoms with Crippen LogP contribution in [0.3, 0.4) is 0 Å². The standard InChI is InChI=1S/C27H34O4S2/c1-2-3-6-15-23(16-9-5-10-19-30-22-13-7-4-8-14-22)31-26(28)27(29,24-17-11-20-32-24)25-18-12-21-33-25/h4,7-8,11-14,17-18,20-21,23,29H,2-3,5-6,9-10,15-16,19H2,1H3. The van der Waals surface area contributed by atoms with Gasteiger partial charge in [0, 0.05) is 0 Å². The third-order valence-corrected chi connectivity index (χ3v) is 7.59. The first-order valence-corrected chi connectivity index (χ1v) is 13.6. The normalized spacial score (nSPS) is 12.4. The summed E-state index contributed by atoms with van der Waals surface area (Å²) in [6.07, 6.45) is 7.60. The molecule has 33 heavy (non-hydrogen) atoms. The predicted molar refractivity (Wildman–Crippen MR) is 136 cm³/mol. The average molecular weight is 487 g/mol. The molecule has 4 nitrogen and oxygen atoms in total. The summed E-state index contributed by atoms with van der Waals surface area (Å²) in [5.41, 5.74) is -1.74. The molecule has 0 radical (unpaired) electrons. The second kappa shape index (κ2) is 13.5. The highest BCUT2D eigenvalue weighted by molar-refractivity contribution is 7.12. The second-order valence-electron chi connectivity index (χ2n) is 8.20. The van der Waals surface area contributed by atoms with Crippen molar-refractivity contribution in [2.24, 2.45) is 0 Å². The fraction of sp³-hybridized carbons (Fsp3) is 0.444. The first kappa shape index (κ1) is 25.5. The van der Waals surface area contributed by atoms with E-state index in [1.807, 2.05) is 53.2 Å². The Morgan fingerprint density at radius 3 is 2.09 bits per heavy atom. The number of carbonyl (C=O) groups excluding carboxylic acids is 1. The van der Waals surface area contributed by atoms with Gasteiger partial charge in [-0.2, -0.15) is 0 Å². The highest BCUT2D eigenvalue weighted by Crippen LogP contribution is 2.37. The summed E-state index contributed by atoms with van der Waals surface area (Å²) < 4.78 is 11.7. The van der Waals surface area contributed by atoms with Crippen LogP contribution in [0.2, 0.25) is 0 Å². The van der Waals surface area contributed by atoms with Crippen LogP contribution in [0.1, 0.15) is 68.0 Å². The van der Waals surface area contributed by atoms with E-state index in [0.29, 0.717) is 16.4 Å². The van der Waals surface area contributed by atoms with Crippen LogP contribution in [0.4, 0.5) is 0 Å². The number of aliphatic hydroxyl groups is 1. The molecule has 0 spiro atoms. The molecule has 6 heteroatoms. The number of hydrogen-bond acceptors (Lipinski definition) is 6. The van der Waals surface area contributed by atoms with Crippen LogP contribution < -0.4 is 4.74 Å². The molecule has 0 aliphatic rings. The van der Waals surface area contributed by atoms with E-state index in [-0.39, 0.29) is 6.10 Å². The zero-order valence-corrected chi connectivity index (χ0v) is 20.9. The Balaban J connectivity index is 1.55. The molecular formula is C27H34O4S2. The van der Waals surface area contributed by atoms with Crippen molar-refractivity contribution < 1.29 is 19.4 Å². The monoisotopic (exact) mass is 486 g/mol. The second-order valence-corrected chi connectivity index (χ2v) is 10.1. The van der Waals surface area contributed by atoms with Crippen LogP contribution in [0.15, 0.2) is 65.4 Å². The van der Waals surface area contributed by atoms with Crippen molar-refractivity contribution in [2.75, 3.05) is 6.61 Å². The van der Waals surface area contributed by atoms with E-state index >= 15 is 0 Å². The zero-order valence-electron chi connectivity index (χ0n) is 19.3. The number of benzene rings is 1. The number of carbonyl (C=O) groups is 1.